The monoisotopic (exact) mass is 476 g/mol. The van der Waals surface area contributed by atoms with Gasteiger partial charge in [0.25, 0.3) is 0 Å². The number of aromatic nitrogens is 1. The Morgan fingerprint density at radius 2 is 1.59 bits per heavy atom. The second kappa shape index (κ2) is 7.39. The minimum Gasteiger partial charge on any atom is -0.355 e. The highest BCUT2D eigenvalue weighted by Gasteiger charge is 2.59. The summed E-state index contributed by atoms with van der Waals surface area (Å²) in [5.41, 5.74) is -3.82. The van der Waals surface area contributed by atoms with E-state index in [1.54, 1.807) is 0 Å². The molecule has 0 aliphatic carbocycles. The van der Waals surface area contributed by atoms with Gasteiger partial charge >= 0.3 is 12.4 Å². The van der Waals surface area contributed by atoms with Gasteiger partial charge < -0.3 is 4.90 Å². The molecule has 0 bridgehead atoms. The van der Waals surface area contributed by atoms with Crippen LogP contribution in [0, 0.1) is 6.92 Å². The number of benzene rings is 1. The van der Waals surface area contributed by atoms with Crippen molar-refractivity contribution in [3.05, 3.63) is 56.2 Å². The molecular formula is C18H13Cl3F6N2. The van der Waals surface area contributed by atoms with E-state index >= 15 is 0 Å². The molecule has 2 nitrogen and oxygen atoms in total. The zero-order valence-electron chi connectivity index (χ0n) is 14.7. The Morgan fingerprint density at radius 3 is 2.10 bits per heavy atom. The average molecular weight is 478 g/mol. The number of aryl methyl sites for hydroxylation is 1. The number of hydrogen-bond donors (Lipinski definition) is 0. The second-order valence-corrected chi connectivity index (χ2v) is 8.03. The van der Waals surface area contributed by atoms with E-state index in [-0.39, 0.29) is 38.6 Å². The van der Waals surface area contributed by atoms with E-state index in [9.17, 15) is 26.3 Å². The largest absolute Gasteiger partial charge is 0.433 e. The second-order valence-electron chi connectivity index (χ2n) is 6.84. The molecular weight excluding hydrogens is 465 g/mol. The van der Waals surface area contributed by atoms with E-state index in [1.165, 1.54) is 24.0 Å². The third-order valence-electron chi connectivity index (χ3n) is 5.02. The number of pyridine rings is 1. The third-order valence-corrected chi connectivity index (χ3v) is 6.22. The molecule has 2 heterocycles. The molecule has 11 heteroatoms. The van der Waals surface area contributed by atoms with Crippen LogP contribution in [0.4, 0.5) is 32.2 Å². The van der Waals surface area contributed by atoms with Gasteiger partial charge in [-0.05, 0) is 42.7 Å². The number of hydrogen-bond acceptors (Lipinski definition) is 2. The molecule has 158 valence electrons. The van der Waals surface area contributed by atoms with Gasteiger partial charge in [-0.1, -0.05) is 40.9 Å². The topological polar surface area (TPSA) is 16.1 Å². The van der Waals surface area contributed by atoms with E-state index in [0.717, 1.165) is 12.1 Å². The zero-order chi connectivity index (χ0) is 21.8. The minimum absolute atomic E-state index is 0.0701. The Morgan fingerprint density at radius 1 is 1.00 bits per heavy atom. The zero-order valence-corrected chi connectivity index (χ0v) is 17.0. The molecule has 1 aromatic heterocycles. The Kier molecular flexibility index (Phi) is 5.69. The Labute approximate surface area is 177 Å². The Hall–Kier alpha value is -1.38. The van der Waals surface area contributed by atoms with E-state index in [0.29, 0.717) is 0 Å². The highest BCUT2D eigenvalue weighted by Crippen LogP contribution is 2.50. The molecule has 1 fully saturated rings. The van der Waals surface area contributed by atoms with Crippen molar-refractivity contribution < 1.29 is 26.3 Å². The van der Waals surface area contributed by atoms with Crippen LogP contribution in [0.1, 0.15) is 23.2 Å². The first kappa shape index (κ1) is 22.3. The van der Waals surface area contributed by atoms with Crippen molar-refractivity contribution in [2.24, 2.45) is 0 Å². The number of rotatable bonds is 2. The Bertz CT molecular complexity index is 921. The van der Waals surface area contributed by atoms with Gasteiger partial charge in [0.2, 0.25) is 0 Å². The molecule has 0 spiro atoms. The van der Waals surface area contributed by atoms with Gasteiger partial charge in [0.1, 0.15) is 16.9 Å². The quantitative estimate of drug-likeness (QED) is 0.339. The van der Waals surface area contributed by atoms with E-state index < -0.39 is 36.4 Å². The van der Waals surface area contributed by atoms with Crippen molar-refractivity contribution in [1.82, 2.24) is 4.98 Å². The first-order valence-electron chi connectivity index (χ1n) is 8.28. The van der Waals surface area contributed by atoms with E-state index in [4.69, 9.17) is 34.8 Å². The molecule has 2 aromatic rings. The normalized spacial score (nSPS) is 20.4. The van der Waals surface area contributed by atoms with E-state index in [2.05, 4.69) is 4.98 Å². The van der Waals surface area contributed by atoms with Gasteiger partial charge in [-0.25, -0.2) is 4.98 Å². The number of halogens is 9. The highest BCUT2D eigenvalue weighted by molar-refractivity contribution is 6.48. The summed E-state index contributed by atoms with van der Waals surface area (Å²) in [6.07, 6.45) is -9.82. The Balaban J connectivity index is 2.05. The van der Waals surface area contributed by atoms with Crippen molar-refractivity contribution in [2.45, 2.75) is 31.1 Å². The van der Waals surface area contributed by atoms with Crippen molar-refractivity contribution in [3.63, 3.8) is 0 Å². The van der Waals surface area contributed by atoms with Crippen molar-refractivity contribution in [1.29, 1.82) is 0 Å². The van der Waals surface area contributed by atoms with E-state index in [1.807, 2.05) is 0 Å². The lowest BCUT2D eigenvalue weighted by Crippen LogP contribution is -2.45. The van der Waals surface area contributed by atoms with Crippen LogP contribution in [-0.4, -0.2) is 24.2 Å². The standard InChI is InChI=1S/C18H13Cl3F6N2/c1-9-2-3-13(28-15(9)17(22,23)24)29-5-4-16(8-29,18(25,26)27)10-6-11(19)14(21)12(20)7-10/h2-3,6-7H,4-5,8H2,1H3. The summed E-state index contributed by atoms with van der Waals surface area (Å²) in [7, 11) is 0. The van der Waals surface area contributed by atoms with Gasteiger partial charge in [0, 0.05) is 13.1 Å². The summed E-state index contributed by atoms with van der Waals surface area (Å²) < 4.78 is 81.9. The molecule has 1 unspecified atom stereocenters. The molecule has 0 amide bonds. The predicted octanol–water partition coefficient (Wildman–Crippen LogP) is 7.08. The summed E-state index contributed by atoms with van der Waals surface area (Å²) in [5, 5.41) is -0.340. The first-order valence-corrected chi connectivity index (χ1v) is 9.41. The number of anilines is 1. The first-order chi connectivity index (χ1) is 13.3. The molecule has 1 aromatic carbocycles. The van der Waals surface area contributed by atoms with Crippen LogP contribution in [0.3, 0.4) is 0 Å². The summed E-state index contributed by atoms with van der Waals surface area (Å²) >= 11 is 17.7. The molecule has 1 atom stereocenters. The average Bonchev–Trinajstić information content (AvgIpc) is 3.05. The molecule has 0 saturated carbocycles. The van der Waals surface area contributed by atoms with Crippen LogP contribution in [-0.2, 0) is 11.6 Å². The summed E-state index contributed by atoms with van der Waals surface area (Å²) in [5.74, 6) is -0.180. The van der Waals surface area contributed by atoms with Gasteiger partial charge in [-0.3, -0.25) is 0 Å². The van der Waals surface area contributed by atoms with Crippen LogP contribution in [0.15, 0.2) is 24.3 Å². The van der Waals surface area contributed by atoms with Crippen LogP contribution in [0.5, 0.6) is 0 Å². The third kappa shape index (κ3) is 3.99. The highest BCUT2D eigenvalue weighted by atomic mass is 35.5. The van der Waals surface area contributed by atoms with Gasteiger partial charge in [0.05, 0.1) is 15.1 Å². The SMILES string of the molecule is Cc1ccc(N2CCC(c3cc(Cl)c(Cl)c(Cl)c3)(C(F)(F)F)C2)nc1C(F)(F)F. The van der Waals surface area contributed by atoms with Crippen LogP contribution < -0.4 is 4.90 Å². The molecule has 29 heavy (non-hydrogen) atoms. The fraction of sp³-hybridized carbons (Fsp3) is 0.389. The van der Waals surface area contributed by atoms with Gasteiger partial charge in [-0.2, -0.15) is 26.3 Å². The van der Waals surface area contributed by atoms with Gasteiger partial charge in [-0.15, -0.1) is 0 Å². The van der Waals surface area contributed by atoms with Crippen LogP contribution in [0.2, 0.25) is 15.1 Å². The molecule has 1 aliphatic rings. The lowest BCUT2D eigenvalue weighted by molar-refractivity contribution is -0.184. The predicted molar refractivity (Wildman–Crippen MR) is 100 cm³/mol. The molecule has 0 N–H and O–H groups in total. The smallest absolute Gasteiger partial charge is 0.355 e. The molecule has 0 radical (unpaired) electrons. The van der Waals surface area contributed by atoms with Crippen molar-refractivity contribution in [3.8, 4) is 0 Å². The summed E-state index contributed by atoms with van der Waals surface area (Å²) in [4.78, 5) is 4.76. The number of nitrogens with zero attached hydrogens (tertiary/aromatic N) is 2. The minimum atomic E-state index is -4.71. The summed E-state index contributed by atoms with van der Waals surface area (Å²) in [6, 6.07) is 4.65. The fourth-order valence-corrected chi connectivity index (χ4v) is 4.05. The maximum Gasteiger partial charge on any atom is 0.433 e. The molecule has 1 saturated heterocycles. The molecule has 3 rings (SSSR count). The fourth-order valence-electron chi connectivity index (χ4n) is 3.45. The van der Waals surface area contributed by atoms with Crippen molar-refractivity contribution in [2.75, 3.05) is 18.0 Å². The maximum absolute atomic E-state index is 14.1. The maximum atomic E-state index is 14.1. The molecule has 1 aliphatic heterocycles. The number of alkyl halides is 6. The lowest BCUT2D eigenvalue weighted by atomic mass is 9.79. The van der Waals surface area contributed by atoms with Gasteiger partial charge in [0.15, 0.2) is 0 Å². The van der Waals surface area contributed by atoms with Crippen LogP contribution in [0.25, 0.3) is 0 Å². The summed E-state index contributed by atoms with van der Waals surface area (Å²) in [6.45, 7) is 0.462. The van der Waals surface area contributed by atoms with Crippen molar-refractivity contribution >= 4 is 40.6 Å². The lowest BCUT2D eigenvalue weighted by Gasteiger charge is -2.33. The van der Waals surface area contributed by atoms with Crippen LogP contribution >= 0.6 is 34.8 Å².